The van der Waals surface area contributed by atoms with Crippen LogP contribution in [0.3, 0.4) is 0 Å². The molecule has 5 nitrogen and oxygen atoms in total. The second-order valence-corrected chi connectivity index (χ2v) is 17.2. The third-order valence-corrected chi connectivity index (χ3v) is 12.7. The van der Waals surface area contributed by atoms with Gasteiger partial charge < -0.3 is 4.90 Å². The monoisotopic (exact) mass is 602 g/mol. The van der Waals surface area contributed by atoms with Gasteiger partial charge in [0.05, 0.1) is 0 Å². The van der Waals surface area contributed by atoms with Crippen LogP contribution >= 0.6 is 0 Å². The highest BCUT2D eigenvalue weighted by Gasteiger charge is 2.53. The topological polar surface area (TPSA) is 16.2 Å². The van der Waals surface area contributed by atoms with Crippen LogP contribution in [0.15, 0.2) is 0 Å². The molecule has 0 aromatic carbocycles. The van der Waals surface area contributed by atoms with E-state index < -0.39 is 0 Å². The number of hydrogen-bond acceptors (Lipinski definition) is 5. The molecule has 7 unspecified atom stereocenters. The minimum atomic E-state index is 0.723. The predicted octanol–water partition coefficient (Wildman–Crippen LogP) is 7.02. The van der Waals surface area contributed by atoms with Gasteiger partial charge in [0.1, 0.15) is 0 Å². The van der Waals surface area contributed by atoms with Crippen molar-refractivity contribution in [3.05, 3.63) is 0 Å². The van der Waals surface area contributed by atoms with Gasteiger partial charge in [-0.05, 0) is 163 Å². The molecule has 5 saturated heterocycles. The standard InChI is InChI=1S/2C13H26N2.C12H23N/c1-10(2)14-7-5-12-6-8-15(11(3)4)13(12)9-14;1-10(2)14-8-12-6-5-7-15(11(3)4)13(12)9-14;1-8(2)12-10-5-6-13(9(3)4)7-11(10)12/h2*10-13H,5-9H2,1-4H3;8-12H,5-7H2,1-4H3. The van der Waals surface area contributed by atoms with E-state index in [0.29, 0.717) is 0 Å². The summed E-state index contributed by atoms with van der Waals surface area (Å²) in [6.07, 6.45) is 7.19. The Morgan fingerprint density at radius 3 is 1.51 bits per heavy atom. The Kier molecular flexibility index (Phi) is 12.9. The summed E-state index contributed by atoms with van der Waals surface area (Å²) in [5.74, 6) is 6.06. The van der Waals surface area contributed by atoms with Crippen molar-refractivity contribution in [2.45, 2.75) is 157 Å². The fraction of sp³-hybridized carbons (Fsp3) is 1.00. The zero-order valence-corrected chi connectivity index (χ0v) is 30.9. The van der Waals surface area contributed by atoms with E-state index in [0.717, 1.165) is 77.8 Å². The lowest BCUT2D eigenvalue weighted by atomic mass is 9.91. The van der Waals surface area contributed by atoms with Crippen molar-refractivity contribution in [2.24, 2.45) is 35.5 Å². The van der Waals surface area contributed by atoms with Crippen molar-refractivity contribution in [1.82, 2.24) is 24.5 Å². The second kappa shape index (κ2) is 15.6. The zero-order chi connectivity index (χ0) is 31.6. The summed E-state index contributed by atoms with van der Waals surface area (Å²) >= 11 is 0. The number of piperidine rings is 3. The molecule has 5 heteroatoms. The van der Waals surface area contributed by atoms with Crippen molar-refractivity contribution < 1.29 is 0 Å². The molecule has 0 spiro atoms. The molecule has 7 atom stereocenters. The Balaban J connectivity index is 0.000000148. The SMILES string of the molecule is CC(C)C1C2CCN(C(C)C)CC21.CC(C)N1CC2CCCN(C(C)C)C2C1.CC(C)N1CCC2CCN(C(C)C)C2C1. The van der Waals surface area contributed by atoms with E-state index in [4.69, 9.17) is 0 Å². The molecule has 5 heterocycles. The average molecular weight is 602 g/mol. The third-order valence-electron chi connectivity index (χ3n) is 12.7. The first kappa shape index (κ1) is 35.7. The highest BCUT2D eigenvalue weighted by atomic mass is 15.3. The van der Waals surface area contributed by atoms with Crippen LogP contribution in [0, 0.1) is 35.5 Å². The smallest absolute Gasteiger partial charge is 0.0266 e. The molecule has 43 heavy (non-hydrogen) atoms. The largest absolute Gasteiger partial charge is 0.301 e. The van der Waals surface area contributed by atoms with E-state index in [1.807, 2.05) is 0 Å². The molecule has 6 fully saturated rings. The maximum absolute atomic E-state index is 2.73. The summed E-state index contributed by atoms with van der Waals surface area (Å²) in [6.45, 7) is 38.8. The van der Waals surface area contributed by atoms with Crippen molar-refractivity contribution >= 4 is 0 Å². The van der Waals surface area contributed by atoms with Gasteiger partial charge in [-0.15, -0.1) is 0 Å². The van der Waals surface area contributed by atoms with Gasteiger partial charge in [0, 0.05) is 68.5 Å². The number of nitrogens with zero attached hydrogens (tertiary/aromatic N) is 5. The summed E-state index contributed by atoms with van der Waals surface area (Å²) in [4.78, 5) is 13.4. The van der Waals surface area contributed by atoms with Crippen molar-refractivity contribution in [2.75, 3.05) is 52.4 Å². The first-order valence-corrected chi connectivity index (χ1v) is 19.0. The van der Waals surface area contributed by atoms with Gasteiger partial charge >= 0.3 is 0 Å². The van der Waals surface area contributed by atoms with E-state index in [1.165, 1.54) is 84.5 Å². The molecule has 0 aromatic heterocycles. The summed E-state index contributed by atoms with van der Waals surface area (Å²) in [5.41, 5.74) is 0. The molecule has 6 aliphatic rings. The van der Waals surface area contributed by atoms with Gasteiger partial charge in [-0.2, -0.15) is 0 Å². The van der Waals surface area contributed by atoms with Crippen molar-refractivity contribution in [1.29, 1.82) is 0 Å². The average Bonchev–Trinajstić information content (AvgIpc) is 3.27. The van der Waals surface area contributed by atoms with E-state index in [9.17, 15) is 0 Å². The Labute approximate surface area is 269 Å². The van der Waals surface area contributed by atoms with Gasteiger partial charge in [0.2, 0.25) is 0 Å². The quantitative estimate of drug-likeness (QED) is 0.324. The molecule has 1 aliphatic carbocycles. The van der Waals surface area contributed by atoms with Crippen LogP contribution in [-0.2, 0) is 0 Å². The third kappa shape index (κ3) is 8.79. The summed E-state index contributed by atoms with van der Waals surface area (Å²) in [6, 6.07) is 5.36. The first-order chi connectivity index (χ1) is 20.3. The predicted molar refractivity (Wildman–Crippen MR) is 187 cm³/mol. The minimum absolute atomic E-state index is 0.723. The van der Waals surface area contributed by atoms with E-state index >= 15 is 0 Å². The van der Waals surface area contributed by atoms with E-state index in [-0.39, 0.29) is 0 Å². The van der Waals surface area contributed by atoms with Crippen LogP contribution in [0.4, 0.5) is 0 Å². The number of rotatable bonds is 6. The zero-order valence-electron chi connectivity index (χ0n) is 30.9. The van der Waals surface area contributed by atoms with Crippen LogP contribution < -0.4 is 0 Å². The van der Waals surface area contributed by atoms with Crippen LogP contribution in [0.5, 0.6) is 0 Å². The van der Waals surface area contributed by atoms with Crippen LogP contribution in [-0.4, -0.2) is 119 Å². The molecular formula is C38H75N5. The van der Waals surface area contributed by atoms with Gasteiger partial charge in [0.15, 0.2) is 0 Å². The summed E-state index contributed by atoms with van der Waals surface area (Å²) in [5, 5.41) is 0. The van der Waals surface area contributed by atoms with Crippen LogP contribution in [0.25, 0.3) is 0 Å². The maximum atomic E-state index is 2.73. The fourth-order valence-electron chi connectivity index (χ4n) is 9.89. The highest BCUT2D eigenvalue weighted by Crippen LogP contribution is 2.55. The van der Waals surface area contributed by atoms with Crippen LogP contribution in [0.1, 0.15) is 115 Å². The Morgan fingerprint density at radius 2 is 0.930 bits per heavy atom. The number of fused-ring (bicyclic) bond motifs is 3. The highest BCUT2D eigenvalue weighted by molar-refractivity contribution is 5.03. The van der Waals surface area contributed by atoms with Crippen LogP contribution in [0.2, 0.25) is 0 Å². The summed E-state index contributed by atoms with van der Waals surface area (Å²) in [7, 11) is 0. The normalized spacial score (nSPS) is 35.7. The molecule has 0 radical (unpaired) electrons. The molecule has 0 bridgehead atoms. The van der Waals surface area contributed by atoms with Gasteiger partial charge in [-0.1, -0.05) is 13.8 Å². The Morgan fingerprint density at radius 1 is 0.419 bits per heavy atom. The molecule has 0 aromatic rings. The van der Waals surface area contributed by atoms with Gasteiger partial charge in [0.25, 0.3) is 0 Å². The van der Waals surface area contributed by atoms with Crippen molar-refractivity contribution in [3.8, 4) is 0 Å². The Hall–Kier alpha value is -0.200. The minimum Gasteiger partial charge on any atom is -0.301 e. The lowest BCUT2D eigenvalue weighted by Crippen LogP contribution is -2.51. The fourth-order valence-corrected chi connectivity index (χ4v) is 9.89. The molecule has 5 aliphatic heterocycles. The van der Waals surface area contributed by atoms with E-state index in [1.54, 1.807) is 0 Å². The second-order valence-electron chi connectivity index (χ2n) is 17.2. The lowest BCUT2D eigenvalue weighted by molar-refractivity contribution is 0.0702. The molecule has 6 rings (SSSR count). The lowest BCUT2D eigenvalue weighted by Gasteiger charge is -2.41. The van der Waals surface area contributed by atoms with Gasteiger partial charge in [-0.3, -0.25) is 19.6 Å². The Bertz CT molecular complexity index is 811. The first-order valence-electron chi connectivity index (χ1n) is 19.0. The van der Waals surface area contributed by atoms with E-state index in [2.05, 4.69) is 108 Å². The number of likely N-dealkylation sites (tertiary alicyclic amines) is 5. The summed E-state index contributed by atoms with van der Waals surface area (Å²) < 4.78 is 0. The van der Waals surface area contributed by atoms with Gasteiger partial charge in [-0.25, -0.2) is 0 Å². The molecular weight excluding hydrogens is 526 g/mol. The molecule has 252 valence electrons. The maximum Gasteiger partial charge on any atom is 0.0266 e. The molecule has 1 saturated carbocycles. The molecule has 0 N–H and O–H groups in total. The van der Waals surface area contributed by atoms with Crippen molar-refractivity contribution in [3.63, 3.8) is 0 Å². The molecule has 0 amide bonds. The number of hydrogen-bond donors (Lipinski definition) is 0.